The molecule has 1 N–H and O–H groups in total. The van der Waals surface area contributed by atoms with Gasteiger partial charge < -0.3 is 5.11 Å². The van der Waals surface area contributed by atoms with Crippen LogP contribution in [-0.4, -0.2) is 26.1 Å². The Labute approximate surface area is 124 Å². The maximum atomic E-state index is 11.2. The number of unbranched alkanes of at least 4 members (excludes halogenated alkanes) is 1. The van der Waals surface area contributed by atoms with Crippen molar-refractivity contribution in [1.82, 2.24) is 15.0 Å². The normalized spacial score (nSPS) is 11.0. The van der Waals surface area contributed by atoms with E-state index in [2.05, 4.69) is 29.4 Å². The molecule has 0 amide bonds. The van der Waals surface area contributed by atoms with Gasteiger partial charge in [0.2, 0.25) is 0 Å². The first-order valence-electron chi connectivity index (χ1n) is 7.32. The van der Waals surface area contributed by atoms with Crippen molar-refractivity contribution in [3.8, 4) is 5.69 Å². The van der Waals surface area contributed by atoms with E-state index in [1.807, 2.05) is 26.0 Å². The summed E-state index contributed by atoms with van der Waals surface area (Å²) in [5.41, 5.74) is 2.79. The number of nitrogens with zero attached hydrogens (tertiary/aromatic N) is 3. The summed E-state index contributed by atoms with van der Waals surface area (Å²) in [4.78, 5) is 11.2. The van der Waals surface area contributed by atoms with Crippen LogP contribution in [0.3, 0.4) is 0 Å². The molecule has 2 rings (SSSR count). The number of carboxylic acids is 1. The minimum atomic E-state index is -1.04. The smallest absolute Gasteiger partial charge is 0.358 e. The number of aromatic nitrogens is 3. The van der Waals surface area contributed by atoms with Crippen LogP contribution in [0.4, 0.5) is 0 Å². The Balaban J connectivity index is 2.35. The van der Waals surface area contributed by atoms with E-state index in [4.69, 9.17) is 0 Å². The van der Waals surface area contributed by atoms with Crippen LogP contribution in [0.2, 0.25) is 0 Å². The summed E-state index contributed by atoms with van der Waals surface area (Å²) in [5, 5.41) is 17.0. The number of carboxylic acid groups (broad SMARTS) is 1. The zero-order valence-electron chi connectivity index (χ0n) is 12.7. The van der Waals surface area contributed by atoms with Crippen molar-refractivity contribution < 1.29 is 9.90 Å². The molecule has 0 spiro atoms. The van der Waals surface area contributed by atoms with Gasteiger partial charge in [-0.2, -0.15) is 0 Å². The first-order chi connectivity index (χ1) is 10.0. The van der Waals surface area contributed by atoms with Crippen LogP contribution in [0, 0.1) is 0 Å². The Morgan fingerprint density at radius 1 is 1.29 bits per heavy atom. The number of aromatic carboxylic acids is 1. The zero-order chi connectivity index (χ0) is 15.4. The number of hydrogen-bond acceptors (Lipinski definition) is 3. The van der Waals surface area contributed by atoms with Crippen molar-refractivity contribution in [2.75, 3.05) is 0 Å². The zero-order valence-corrected chi connectivity index (χ0v) is 12.7. The van der Waals surface area contributed by atoms with E-state index < -0.39 is 5.97 Å². The molecule has 0 saturated heterocycles. The fourth-order valence-corrected chi connectivity index (χ4v) is 2.33. The third-order valence-corrected chi connectivity index (χ3v) is 3.45. The Hall–Kier alpha value is -2.17. The van der Waals surface area contributed by atoms with Crippen LogP contribution in [0.15, 0.2) is 24.3 Å². The number of hydrogen-bond donors (Lipinski definition) is 1. The molecule has 0 aliphatic carbocycles. The lowest BCUT2D eigenvalue weighted by Gasteiger charge is -2.10. The Morgan fingerprint density at radius 2 is 1.95 bits per heavy atom. The third-order valence-electron chi connectivity index (χ3n) is 3.45. The highest BCUT2D eigenvalue weighted by atomic mass is 16.4. The highest BCUT2D eigenvalue weighted by molar-refractivity contribution is 5.86. The summed E-state index contributed by atoms with van der Waals surface area (Å²) in [6, 6.07) is 8.07. The first kappa shape index (κ1) is 15.2. The van der Waals surface area contributed by atoms with Crippen LogP contribution in [0.25, 0.3) is 5.69 Å². The average Bonchev–Trinajstić information content (AvgIpc) is 2.91. The molecule has 0 fully saturated rings. The van der Waals surface area contributed by atoms with Gasteiger partial charge in [0, 0.05) is 0 Å². The van der Waals surface area contributed by atoms with E-state index in [0.29, 0.717) is 5.69 Å². The predicted octanol–water partition coefficient (Wildman–Crippen LogP) is 3.43. The van der Waals surface area contributed by atoms with Gasteiger partial charge in [-0.15, -0.1) is 5.10 Å². The van der Waals surface area contributed by atoms with E-state index in [1.54, 1.807) is 4.68 Å². The lowest BCUT2D eigenvalue weighted by atomic mass is 10.1. The van der Waals surface area contributed by atoms with Crippen molar-refractivity contribution in [3.63, 3.8) is 0 Å². The number of rotatable bonds is 6. The highest BCUT2D eigenvalue weighted by Crippen LogP contribution is 2.22. The van der Waals surface area contributed by atoms with Gasteiger partial charge in [-0.25, -0.2) is 9.48 Å². The molecule has 0 aliphatic heterocycles. The maximum Gasteiger partial charge on any atom is 0.358 e. The quantitative estimate of drug-likeness (QED) is 0.883. The maximum absolute atomic E-state index is 11.2. The molecule has 5 nitrogen and oxygen atoms in total. The first-order valence-corrected chi connectivity index (χ1v) is 7.32. The molecule has 0 bridgehead atoms. The highest BCUT2D eigenvalue weighted by Gasteiger charge is 2.22. The number of benzene rings is 1. The van der Waals surface area contributed by atoms with Gasteiger partial charge in [0.25, 0.3) is 0 Å². The Bertz CT molecular complexity index is 615. The molecule has 1 heterocycles. The summed E-state index contributed by atoms with van der Waals surface area (Å²) < 4.78 is 1.62. The van der Waals surface area contributed by atoms with Gasteiger partial charge in [-0.05, 0) is 36.5 Å². The van der Waals surface area contributed by atoms with Crippen LogP contribution >= 0.6 is 0 Å². The van der Waals surface area contributed by atoms with Crippen molar-refractivity contribution in [3.05, 3.63) is 41.2 Å². The molecule has 1 aromatic carbocycles. The van der Waals surface area contributed by atoms with Gasteiger partial charge >= 0.3 is 5.97 Å². The SMILES string of the molecule is CCCCc1ccc(-n2nnc(C(=O)O)c2C(C)C)cc1. The van der Waals surface area contributed by atoms with Gasteiger partial charge in [0.05, 0.1) is 11.4 Å². The largest absolute Gasteiger partial charge is 0.476 e. The molecule has 0 atom stereocenters. The molecule has 0 radical (unpaired) electrons. The lowest BCUT2D eigenvalue weighted by Crippen LogP contribution is -2.08. The van der Waals surface area contributed by atoms with Gasteiger partial charge in [-0.3, -0.25) is 0 Å². The molecular formula is C16H21N3O2. The summed E-state index contributed by atoms with van der Waals surface area (Å²) >= 11 is 0. The fourth-order valence-electron chi connectivity index (χ4n) is 2.33. The minimum absolute atomic E-state index is 0.0278. The number of carbonyl (C=O) groups is 1. The minimum Gasteiger partial charge on any atom is -0.476 e. The Kier molecular flexibility index (Phi) is 4.73. The van der Waals surface area contributed by atoms with Crippen LogP contribution in [-0.2, 0) is 6.42 Å². The van der Waals surface area contributed by atoms with E-state index in [9.17, 15) is 9.90 Å². The van der Waals surface area contributed by atoms with Crippen LogP contribution in [0.5, 0.6) is 0 Å². The lowest BCUT2D eigenvalue weighted by molar-refractivity contribution is 0.0688. The summed E-state index contributed by atoms with van der Waals surface area (Å²) in [7, 11) is 0. The molecule has 0 saturated carbocycles. The second-order valence-electron chi connectivity index (χ2n) is 5.46. The van der Waals surface area contributed by atoms with Gasteiger partial charge in [0.15, 0.2) is 5.69 Å². The van der Waals surface area contributed by atoms with Crippen molar-refractivity contribution in [2.45, 2.75) is 46.0 Å². The average molecular weight is 287 g/mol. The van der Waals surface area contributed by atoms with Crippen molar-refractivity contribution >= 4 is 5.97 Å². The number of aryl methyl sites for hydroxylation is 1. The summed E-state index contributed by atoms with van der Waals surface area (Å²) in [6.07, 6.45) is 3.40. The molecule has 21 heavy (non-hydrogen) atoms. The summed E-state index contributed by atoms with van der Waals surface area (Å²) in [5.74, 6) is -1.00. The Morgan fingerprint density at radius 3 is 2.48 bits per heavy atom. The van der Waals surface area contributed by atoms with Crippen LogP contribution in [0.1, 0.15) is 61.3 Å². The second-order valence-corrected chi connectivity index (χ2v) is 5.46. The molecule has 0 unspecified atom stereocenters. The standard InChI is InChI=1S/C16H21N3O2/c1-4-5-6-12-7-9-13(10-8-12)19-15(11(2)3)14(16(20)21)17-18-19/h7-11H,4-6H2,1-3H3,(H,20,21). The van der Waals surface area contributed by atoms with E-state index in [-0.39, 0.29) is 11.6 Å². The second kappa shape index (κ2) is 6.52. The molecule has 112 valence electrons. The molecule has 1 aromatic heterocycles. The molecule has 2 aromatic rings. The van der Waals surface area contributed by atoms with E-state index in [0.717, 1.165) is 12.1 Å². The third kappa shape index (κ3) is 3.29. The fraction of sp³-hybridized carbons (Fsp3) is 0.438. The molecule has 5 heteroatoms. The van der Waals surface area contributed by atoms with Gasteiger partial charge in [-0.1, -0.05) is 44.5 Å². The van der Waals surface area contributed by atoms with E-state index >= 15 is 0 Å². The topological polar surface area (TPSA) is 68.0 Å². The molecular weight excluding hydrogens is 266 g/mol. The van der Waals surface area contributed by atoms with Crippen molar-refractivity contribution in [2.24, 2.45) is 0 Å². The van der Waals surface area contributed by atoms with Crippen LogP contribution < -0.4 is 0 Å². The molecule has 0 aliphatic rings. The van der Waals surface area contributed by atoms with Gasteiger partial charge in [0.1, 0.15) is 0 Å². The summed E-state index contributed by atoms with van der Waals surface area (Å²) in [6.45, 7) is 6.06. The van der Waals surface area contributed by atoms with Crippen molar-refractivity contribution in [1.29, 1.82) is 0 Å². The monoisotopic (exact) mass is 287 g/mol. The predicted molar refractivity (Wildman–Crippen MR) is 81.0 cm³/mol. The van der Waals surface area contributed by atoms with E-state index in [1.165, 1.54) is 18.4 Å².